The van der Waals surface area contributed by atoms with Crippen molar-refractivity contribution < 1.29 is 9.53 Å². The minimum absolute atomic E-state index is 0.00906. The summed E-state index contributed by atoms with van der Waals surface area (Å²) < 4.78 is 5.59. The van der Waals surface area contributed by atoms with Crippen LogP contribution in [0.25, 0.3) is 0 Å². The zero-order valence-corrected chi connectivity index (χ0v) is 17.5. The molecule has 0 unspecified atom stereocenters. The third-order valence-corrected chi connectivity index (χ3v) is 5.79. The third-order valence-electron chi connectivity index (χ3n) is 4.30. The van der Waals surface area contributed by atoms with Gasteiger partial charge in [0.1, 0.15) is 6.54 Å². The number of hydrogen-bond donors (Lipinski definition) is 2. The summed E-state index contributed by atoms with van der Waals surface area (Å²) in [7, 11) is 3.49. The molecular weight excluding hydrogens is 360 g/mol. The maximum absolute atomic E-state index is 11.9. The van der Waals surface area contributed by atoms with E-state index in [1.54, 1.807) is 19.0 Å². The molecule has 2 rings (SSSR count). The number of aliphatic imine (C=N–C) groups is 1. The number of ether oxygens (including phenoxy) is 1. The predicted octanol–water partition coefficient (Wildman–Crippen LogP) is 2.36. The lowest BCUT2D eigenvalue weighted by Gasteiger charge is -2.19. The van der Waals surface area contributed by atoms with E-state index in [4.69, 9.17) is 4.74 Å². The molecule has 7 heteroatoms. The van der Waals surface area contributed by atoms with Crippen molar-refractivity contribution in [3.8, 4) is 0 Å². The van der Waals surface area contributed by atoms with E-state index in [0.29, 0.717) is 5.96 Å². The molecule has 0 heterocycles. The summed E-state index contributed by atoms with van der Waals surface area (Å²) >= 11 is 1.92. The molecule has 150 valence electrons. The van der Waals surface area contributed by atoms with E-state index in [0.717, 1.165) is 32.7 Å². The molecule has 1 saturated carbocycles. The zero-order chi connectivity index (χ0) is 19.5. The molecule has 1 aliphatic carbocycles. The molecular formula is C20H32N4O2S. The van der Waals surface area contributed by atoms with Crippen LogP contribution in [0.15, 0.2) is 40.2 Å². The number of nitrogens with one attached hydrogen (secondary N) is 2. The van der Waals surface area contributed by atoms with Gasteiger partial charge in [0.15, 0.2) is 5.96 Å². The van der Waals surface area contributed by atoms with E-state index >= 15 is 0 Å². The molecule has 0 bridgehead atoms. The standard InChI is InChI=1S/C20H32N4O2S/c1-4-26-14-8-13-21-19(22-15-18(25)24(2)3)23-16-20(11-12-20)27-17-9-6-5-7-10-17/h5-7,9-10H,4,8,11-16H2,1-3H3,(H2,21,22,23). The summed E-state index contributed by atoms with van der Waals surface area (Å²) in [6, 6.07) is 10.5. The summed E-state index contributed by atoms with van der Waals surface area (Å²) in [4.78, 5) is 19.2. The molecule has 1 aliphatic rings. The van der Waals surface area contributed by atoms with Crippen molar-refractivity contribution in [3.05, 3.63) is 30.3 Å². The van der Waals surface area contributed by atoms with Crippen LogP contribution in [0.1, 0.15) is 26.2 Å². The Kier molecular flexibility index (Phi) is 8.94. The number of hydrogen-bond acceptors (Lipinski definition) is 4. The first kappa shape index (κ1) is 21.6. The second kappa shape index (κ2) is 11.2. The van der Waals surface area contributed by atoms with Crippen molar-refractivity contribution in [2.45, 2.75) is 35.8 Å². The highest BCUT2D eigenvalue weighted by atomic mass is 32.2. The van der Waals surface area contributed by atoms with Crippen LogP contribution in [0.4, 0.5) is 0 Å². The smallest absolute Gasteiger partial charge is 0.243 e. The van der Waals surface area contributed by atoms with Crippen molar-refractivity contribution in [1.82, 2.24) is 15.5 Å². The number of rotatable bonds is 11. The van der Waals surface area contributed by atoms with E-state index in [1.165, 1.54) is 17.7 Å². The average molecular weight is 393 g/mol. The molecule has 1 amide bonds. The molecule has 0 atom stereocenters. The number of guanidine groups is 1. The fourth-order valence-electron chi connectivity index (χ4n) is 2.43. The van der Waals surface area contributed by atoms with Crippen LogP contribution in [0.3, 0.4) is 0 Å². The van der Waals surface area contributed by atoms with Gasteiger partial charge in [-0.15, -0.1) is 11.8 Å². The van der Waals surface area contributed by atoms with Crippen LogP contribution in [0.5, 0.6) is 0 Å². The highest BCUT2D eigenvalue weighted by Crippen LogP contribution is 2.51. The van der Waals surface area contributed by atoms with E-state index in [2.05, 4.69) is 39.9 Å². The van der Waals surface area contributed by atoms with E-state index in [-0.39, 0.29) is 17.2 Å². The Bertz CT molecular complexity index is 603. The number of nitrogens with zero attached hydrogens (tertiary/aromatic N) is 2. The van der Waals surface area contributed by atoms with Gasteiger partial charge in [-0.3, -0.25) is 4.79 Å². The number of carbonyl (C=O) groups is 1. The molecule has 2 N–H and O–H groups in total. The lowest BCUT2D eigenvalue weighted by Crippen LogP contribution is -2.42. The topological polar surface area (TPSA) is 66.0 Å². The summed E-state index contributed by atoms with van der Waals surface area (Å²) in [6.07, 6.45) is 3.28. The second-order valence-electron chi connectivity index (χ2n) is 6.88. The maximum atomic E-state index is 11.9. The van der Waals surface area contributed by atoms with Crippen LogP contribution in [-0.2, 0) is 9.53 Å². The summed E-state index contributed by atoms with van der Waals surface area (Å²) in [6.45, 7) is 5.19. The van der Waals surface area contributed by atoms with E-state index in [9.17, 15) is 4.79 Å². The molecule has 1 fully saturated rings. The van der Waals surface area contributed by atoms with Crippen molar-refractivity contribution in [3.63, 3.8) is 0 Å². The van der Waals surface area contributed by atoms with Crippen LogP contribution in [0, 0.1) is 0 Å². The second-order valence-corrected chi connectivity index (χ2v) is 8.42. The molecule has 0 radical (unpaired) electrons. The van der Waals surface area contributed by atoms with Gasteiger partial charge in [0, 0.05) is 50.0 Å². The quantitative estimate of drug-likeness (QED) is 0.344. The maximum Gasteiger partial charge on any atom is 0.243 e. The monoisotopic (exact) mass is 392 g/mol. The Labute approximate surface area is 167 Å². The summed E-state index contributed by atoms with van der Waals surface area (Å²) in [5.74, 6) is 0.687. The predicted molar refractivity (Wildman–Crippen MR) is 112 cm³/mol. The Morgan fingerprint density at radius 2 is 2.00 bits per heavy atom. The number of thioether (sulfide) groups is 1. The van der Waals surface area contributed by atoms with Gasteiger partial charge in [-0.2, -0.15) is 0 Å². The highest BCUT2D eigenvalue weighted by molar-refractivity contribution is 8.01. The van der Waals surface area contributed by atoms with Gasteiger partial charge in [-0.25, -0.2) is 4.99 Å². The summed E-state index contributed by atoms with van der Waals surface area (Å²) in [5, 5.41) is 6.75. The van der Waals surface area contributed by atoms with Crippen molar-refractivity contribution in [2.75, 3.05) is 46.9 Å². The lowest BCUT2D eigenvalue weighted by molar-refractivity contribution is -0.127. The molecule has 0 aliphatic heterocycles. The Balaban J connectivity index is 1.86. The first-order valence-corrected chi connectivity index (χ1v) is 10.4. The van der Waals surface area contributed by atoms with Crippen LogP contribution in [-0.4, -0.2) is 68.5 Å². The third kappa shape index (κ3) is 8.22. The number of amides is 1. The first-order valence-electron chi connectivity index (χ1n) is 9.59. The number of carbonyl (C=O) groups excluding carboxylic acids is 1. The molecule has 0 aromatic heterocycles. The van der Waals surface area contributed by atoms with Crippen LogP contribution in [0.2, 0.25) is 0 Å². The number of likely N-dealkylation sites (N-methyl/N-ethyl adjacent to an activating group) is 1. The van der Waals surface area contributed by atoms with Crippen LogP contribution < -0.4 is 10.6 Å². The number of benzene rings is 1. The molecule has 27 heavy (non-hydrogen) atoms. The van der Waals surface area contributed by atoms with Crippen molar-refractivity contribution >= 4 is 23.6 Å². The fraction of sp³-hybridized carbons (Fsp3) is 0.600. The molecule has 6 nitrogen and oxygen atoms in total. The van der Waals surface area contributed by atoms with E-state index in [1.807, 2.05) is 24.8 Å². The van der Waals surface area contributed by atoms with Gasteiger partial charge in [0.05, 0.1) is 0 Å². The molecule has 0 saturated heterocycles. The first-order chi connectivity index (χ1) is 13.0. The zero-order valence-electron chi connectivity index (χ0n) is 16.7. The fourth-order valence-corrected chi connectivity index (χ4v) is 3.67. The van der Waals surface area contributed by atoms with Gasteiger partial charge in [-0.1, -0.05) is 18.2 Å². The van der Waals surface area contributed by atoms with Gasteiger partial charge < -0.3 is 20.3 Å². The van der Waals surface area contributed by atoms with Gasteiger partial charge >= 0.3 is 0 Å². The highest BCUT2D eigenvalue weighted by Gasteiger charge is 2.43. The van der Waals surface area contributed by atoms with Crippen molar-refractivity contribution in [2.24, 2.45) is 4.99 Å². The Hall–Kier alpha value is -1.73. The van der Waals surface area contributed by atoms with Gasteiger partial charge in [-0.05, 0) is 38.3 Å². The minimum atomic E-state index is -0.00906. The SMILES string of the molecule is CCOCCCNC(=NCC(=O)N(C)C)NCC1(Sc2ccccc2)CC1. The normalized spacial score (nSPS) is 15.3. The molecule has 1 aromatic rings. The van der Waals surface area contributed by atoms with Gasteiger partial charge in [0.2, 0.25) is 5.91 Å². The summed E-state index contributed by atoms with van der Waals surface area (Å²) in [5.41, 5.74) is 0. The largest absolute Gasteiger partial charge is 0.382 e. The van der Waals surface area contributed by atoms with Gasteiger partial charge in [0.25, 0.3) is 0 Å². The average Bonchev–Trinajstić information content (AvgIpc) is 3.43. The lowest BCUT2D eigenvalue weighted by atomic mass is 10.4. The Morgan fingerprint density at radius 3 is 2.63 bits per heavy atom. The minimum Gasteiger partial charge on any atom is -0.382 e. The van der Waals surface area contributed by atoms with E-state index < -0.39 is 0 Å². The van der Waals surface area contributed by atoms with Crippen molar-refractivity contribution in [1.29, 1.82) is 0 Å². The molecule has 1 aromatic carbocycles. The molecule has 0 spiro atoms. The van der Waals surface area contributed by atoms with Crippen LogP contribution >= 0.6 is 11.8 Å². The Morgan fingerprint density at radius 1 is 1.26 bits per heavy atom.